The molecule has 3 aromatic rings. The van der Waals surface area contributed by atoms with Gasteiger partial charge in [-0.2, -0.15) is 0 Å². The highest BCUT2D eigenvalue weighted by molar-refractivity contribution is 6.29. The maximum absolute atomic E-state index is 6.28. The van der Waals surface area contributed by atoms with Crippen LogP contribution in [-0.4, -0.2) is 26.7 Å². The molecule has 1 saturated heterocycles. The Balaban J connectivity index is 1.58. The third kappa shape index (κ3) is 4.07. The van der Waals surface area contributed by atoms with Gasteiger partial charge in [0.2, 0.25) is 5.95 Å². The number of pyridine rings is 1. The fourth-order valence-corrected chi connectivity index (χ4v) is 3.69. The second-order valence-corrected chi connectivity index (χ2v) is 7.16. The monoisotopic (exact) mass is 395 g/mol. The van der Waals surface area contributed by atoms with Crippen molar-refractivity contribution >= 4 is 17.5 Å². The van der Waals surface area contributed by atoms with E-state index in [4.69, 9.17) is 21.1 Å². The third-order valence-corrected chi connectivity index (χ3v) is 5.03. The fourth-order valence-electron chi connectivity index (χ4n) is 3.49. The predicted octanol–water partition coefficient (Wildman–Crippen LogP) is 5.03. The SMILES string of the molecule is CC=CCCc1cc(Cl)nc(N2CCCC2c2cc(-c3ccccn3)no2)n1. The zero-order valence-corrected chi connectivity index (χ0v) is 16.5. The van der Waals surface area contributed by atoms with Crippen LogP contribution in [0.3, 0.4) is 0 Å². The third-order valence-electron chi connectivity index (χ3n) is 4.83. The first-order valence-electron chi connectivity index (χ1n) is 9.54. The normalized spacial score (nSPS) is 16.9. The summed E-state index contributed by atoms with van der Waals surface area (Å²) in [6.07, 6.45) is 9.69. The fraction of sp³-hybridized carbons (Fsp3) is 0.333. The average molecular weight is 396 g/mol. The highest BCUT2D eigenvalue weighted by Crippen LogP contribution is 2.36. The number of halogens is 1. The number of hydrogen-bond acceptors (Lipinski definition) is 6. The van der Waals surface area contributed by atoms with E-state index >= 15 is 0 Å². The van der Waals surface area contributed by atoms with Crippen LogP contribution < -0.4 is 4.90 Å². The summed E-state index contributed by atoms with van der Waals surface area (Å²) in [7, 11) is 0. The van der Waals surface area contributed by atoms with Crippen LogP contribution in [-0.2, 0) is 6.42 Å². The van der Waals surface area contributed by atoms with Gasteiger partial charge in [-0.3, -0.25) is 4.98 Å². The topological polar surface area (TPSA) is 67.9 Å². The molecule has 1 aliphatic heterocycles. The van der Waals surface area contributed by atoms with Crippen molar-refractivity contribution in [2.45, 2.75) is 38.6 Å². The van der Waals surface area contributed by atoms with Crippen LogP contribution in [0, 0.1) is 0 Å². The molecule has 1 unspecified atom stereocenters. The van der Waals surface area contributed by atoms with Crippen molar-refractivity contribution in [1.29, 1.82) is 0 Å². The first kappa shape index (κ1) is 18.6. The van der Waals surface area contributed by atoms with Gasteiger partial charge >= 0.3 is 0 Å². The Kier molecular flexibility index (Phi) is 5.67. The van der Waals surface area contributed by atoms with Crippen molar-refractivity contribution in [3.8, 4) is 11.4 Å². The van der Waals surface area contributed by atoms with Crippen LogP contribution in [0.15, 0.2) is 53.2 Å². The number of rotatable bonds is 6. The van der Waals surface area contributed by atoms with Crippen LogP contribution in [0.25, 0.3) is 11.4 Å². The van der Waals surface area contributed by atoms with E-state index in [1.165, 1.54) is 0 Å². The van der Waals surface area contributed by atoms with Gasteiger partial charge in [0.1, 0.15) is 10.8 Å². The number of hydrogen-bond donors (Lipinski definition) is 0. The quantitative estimate of drug-likeness (QED) is 0.430. The summed E-state index contributed by atoms with van der Waals surface area (Å²) in [5.74, 6) is 1.46. The van der Waals surface area contributed by atoms with Crippen molar-refractivity contribution < 1.29 is 4.52 Å². The standard InChI is InChI=1S/C21H22ClN5O/c1-2-3-4-8-15-13-20(22)25-21(24-15)27-12-7-10-18(27)19-14-17(26-28-19)16-9-5-6-11-23-16/h2-3,5-6,9,11,13-14,18H,4,7-8,10,12H2,1H3. The maximum Gasteiger partial charge on any atom is 0.227 e. The number of aryl methyl sites for hydroxylation is 1. The van der Waals surface area contributed by atoms with Gasteiger partial charge in [-0.05, 0) is 50.8 Å². The minimum Gasteiger partial charge on any atom is -0.358 e. The molecule has 0 radical (unpaired) electrons. The molecule has 7 heteroatoms. The second kappa shape index (κ2) is 8.52. The van der Waals surface area contributed by atoms with E-state index in [0.717, 1.165) is 55.1 Å². The number of anilines is 1. The molecule has 6 nitrogen and oxygen atoms in total. The van der Waals surface area contributed by atoms with Gasteiger partial charge in [-0.1, -0.05) is 35.0 Å². The highest BCUT2D eigenvalue weighted by atomic mass is 35.5. The van der Waals surface area contributed by atoms with Crippen molar-refractivity contribution in [2.75, 3.05) is 11.4 Å². The molecule has 0 aromatic carbocycles. The lowest BCUT2D eigenvalue weighted by molar-refractivity contribution is 0.362. The first-order chi connectivity index (χ1) is 13.7. The average Bonchev–Trinajstić information content (AvgIpc) is 3.38. The van der Waals surface area contributed by atoms with E-state index in [9.17, 15) is 0 Å². The van der Waals surface area contributed by atoms with Gasteiger partial charge in [0.05, 0.1) is 11.7 Å². The lowest BCUT2D eigenvalue weighted by Gasteiger charge is -2.23. The van der Waals surface area contributed by atoms with Crippen molar-refractivity contribution in [1.82, 2.24) is 20.1 Å². The van der Waals surface area contributed by atoms with Crippen LogP contribution in [0.5, 0.6) is 0 Å². The lowest BCUT2D eigenvalue weighted by atomic mass is 10.1. The van der Waals surface area contributed by atoms with Crippen LogP contribution in [0.2, 0.25) is 5.15 Å². The molecule has 4 heterocycles. The van der Waals surface area contributed by atoms with E-state index in [0.29, 0.717) is 11.1 Å². The molecule has 0 N–H and O–H groups in total. The molecule has 1 aliphatic rings. The van der Waals surface area contributed by atoms with Gasteiger partial charge in [-0.25, -0.2) is 9.97 Å². The molecule has 0 amide bonds. The smallest absolute Gasteiger partial charge is 0.227 e. The molecule has 3 aromatic heterocycles. The highest BCUT2D eigenvalue weighted by Gasteiger charge is 2.31. The summed E-state index contributed by atoms with van der Waals surface area (Å²) in [6, 6.07) is 9.59. The van der Waals surface area contributed by atoms with Gasteiger partial charge in [0, 0.05) is 24.5 Å². The van der Waals surface area contributed by atoms with E-state index < -0.39 is 0 Å². The van der Waals surface area contributed by atoms with Crippen LogP contribution >= 0.6 is 11.6 Å². The molecular weight excluding hydrogens is 374 g/mol. The Labute approximate surface area is 169 Å². The molecule has 144 valence electrons. The summed E-state index contributed by atoms with van der Waals surface area (Å²) in [4.78, 5) is 15.7. The number of aromatic nitrogens is 4. The first-order valence-corrected chi connectivity index (χ1v) is 9.91. The van der Waals surface area contributed by atoms with E-state index in [1.54, 1.807) is 6.20 Å². The molecule has 0 saturated carbocycles. The van der Waals surface area contributed by atoms with E-state index in [2.05, 4.69) is 26.1 Å². The van der Waals surface area contributed by atoms with Crippen LogP contribution in [0.1, 0.15) is 43.7 Å². The summed E-state index contributed by atoms with van der Waals surface area (Å²) < 4.78 is 5.67. The van der Waals surface area contributed by atoms with Gasteiger partial charge in [-0.15, -0.1) is 0 Å². The second-order valence-electron chi connectivity index (χ2n) is 6.77. The summed E-state index contributed by atoms with van der Waals surface area (Å²) in [5.41, 5.74) is 2.49. The Morgan fingerprint density at radius 3 is 3.00 bits per heavy atom. The molecule has 1 fully saturated rings. The number of nitrogens with zero attached hydrogens (tertiary/aromatic N) is 5. The molecule has 1 atom stereocenters. The number of allylic oxidation sites excluding steroid dienone is 2. The predicted molar refractivity (Wildman–Crippen MR) is 109 cm³/mol. The van der Waals surface area contributed by atoms with Crippen molar-refractivity contribution in [2.24, 2.45) is 0 Å². The minimum atomic E-state index is 0.0480. The Bertz CT molecular complexity index is 956. The summed E-state index contributed by atoms with van der Waals surface area (Å²) in [6.45, 7) is 2.88. The Hall–Kier alpha value is -2.73. The van der Waals surface area contributed by atoms with Gasteiger partial charge in [0.25, 0.3) is 0 Å². The molecule has 0 bridgehead atoms. The van der Waals surface area contributed by atoms with Crippen LogP contribution in [0.4, 0.5) is 5.95 Å². The Morgan fingerprint density at radius 1 is 1.25 bits per heavy atom. The van der Waals surface area contributed by atoms with Crippen molar-refractivity contribution in [3.63, 3.8) is 0 Å². The summed E-state index contributed by atoms with van der Waals surface area (Å²) >= 11 is 6.28. The van der Waals surface area contributed by atoms with Crippen molar-refractivity contribution in [3.05, 3.63) is 65.3 Å². The van der Waals surface area contributed by atoms with Gasteiger partial charge < -0.3 is 9.42 Å². The zero-order chi connectivity index (χ0) is 19.3. The zero-order valence-electron chi connectivity index (χ0n) is 15.8. The van der Waals surface area contributed by atoms with E-state index in [-0.39, 0.29) is 6.04 Å². The molecule has 0 spiro atoms. The maximum atomic E-state index is 6.28. The minimum absolute atomic E-state index is 0.0480. The molecule has 0 aliphatic carbocycles. The molecular formula is C21H22ClN5O. The van der Waals surface area contributed by atoms with Gasteiger partial charge in [0.15, 0.2) is 5.76 Å². The van der Waals surface area contributed by atoms with E-state index in [1.807, 2.05) is 43.3 Å². The Morgan fingerprint density at radius 2 is 2.18 bits per heavy atom. The summed E-state index contributed by atoms with van der Waals surface area (Å²) in [5, 5.41) is 4.68. The molecule has 28 heavy (non-hydrogen) atoms. The lowest BCUT2D eigenvalue weighted by Crippen LogP contribution is -2.24. The molecule has 4 rings (SSSR count). The largest absolute Gasteiger partial charge is 0.358 e.